The van der Waals surface area contributed by atoms with E-state index in [-0.39, 0.29) is 12.2 Å². The molecule has 1 aliphatic heterocycles. The van der Waals surface area contributed by atoms with Crippen LogP contribution in [0.2, 0.25) is 0 Å². The van der Waals surface area contributed by atoms with Crippen LogP contribution in [0.25, 0.3) is 0 Å². The fourth-order valence-corrected chi connectivity index (χ4v) is 2.62. The molecule has 1 nitrogen and oxygen atoms in total. The van der Waals surface area contributed by atoms with Crippen LogP contribution in [0.4, 0.5) is 13.2 Å². The minimum absolute atomic E-state index is 0.0581. The van der Waals surface area contributed by atoms with E-state index in [0.717, 1.165) is 5.56 Å². The third kappa shape index (κ3) is 2.39. The van der Waals surface area contributed by atoms with Gasteiger partial charge in [-0.05, 0) is 37.0 Å². The van der Waals surface area contributed by atoms with Gasteiger partial charge in [-0.2, -0.15) is 8.78 Å². The Balaban J connectivity index is 2.04. The number of aryl methyl sites for hydroxylation is 2. The van der Waals surface area contributed by atoms with Crippen LogP contribution in [0.15, 0.2) is 36.4 Å². The molecule has 0 radical (unpaired) electrons. The van der Waals surface area contributed by atoms with Gasteiger partial charge in [0.25, 0.3) is 0 Å². The van der Waals surface area contributed by atoms with E-state index >= 15 is 0 Å². The number of alkyl halides is 2. The van der Waals surface area contributed by atoms with Crippen LogP contribution in [0.1, 0.15) is 28.2 Å². The fourth-order valence-electron chi connectivity index (χ4n) is 2.62. The van der Waals surface area contributed by atoms with Crippen LogP contribution in [0.3, 0.4) is 0 Å². The number of halogens is 3. The van der Waals surface area contributed by atoms with E-state index in [4.69, 9.17) is 4.74 Å². The largest absolute Gasteiger partial charge is 0.429 e. The van der Waals surface area contributed by atoms with Crippen molar-refractivity contribution < 1.29 is 17.9 Å². The molecule has 2 aromatic rings. The summed E-state index contributed by atoms with van der Waals surface area (Å²) in [7, 11) is 0. The zero-order chi connectivity index (χ0) is 15.2. The van der Waals surface area contributed by atoms with E-state index in [1.54, 1.807) is 36.4 Å². The molecule has 0 aliphatic carbocycles. The lowest BCUT2D eigenvalue weighted by Crippen LogP contribution is -2.38. The Morgan fingerprint density at radius 1 is 1.05 bits per heavy atom. The van der Waals surface area contributed by atoms with Crippen LogP contribution in [0, 0.1) is 19.7 Å². The predicted molar refractivity (Wildman–Crippen MR) is 74.3 cm³/mol. The molecule has 0 saturated heterocycles. The lowest BCUT2D eigenvalue weighted by molar-refractivity contribution is -0.203. The van der Waals surface area contributed by atoms with Crippen molar-refractivity contribution in [3.05, 3.63) is 64.5 Å². The SMILES string of the molecule is Cc1ccc(C2Cc3ccc(C)c(F)c3OC2(F)F)cc1. The third-order valence-corrected chi connectivity index (χ3v) is 3.92. The number of ether oxygens (including phenoxy) is 1. The van der Waals surface area contributed by atoms with Crippen LogP contribution in [0.5, 0.6) is 5.75 Å². The summed E-state index contributed by atoms with van der Waals surface area (Å²) in [5.41, 5.74) is 2.28. The lowest BCUT2D eigenvalue weighted by Gasteiger charge is -2.33. The van der Waals surface area contributed by atoms with Crippen molar-refractivity contribution in [3.63, 3.8) is 0 Å². The van der Waals surface area contributed by atoms with Gasteiger partial charge >= 0.3 is 6.11 Å². The summed E-state index contributed by atoms with van der Waals surface area (Å²) >= 11 is 0. The van der Waals surface area contributed by atoms with Crippen molar-refractivity contribution in [2.75, 3.05) is 0 Å². The Hall–Kier alpha value is -1.97. The van der Waals surface area contributed by atoms with Crippen molar-refractivity contribution >= 4 is 0 Å². The summed E-state index contributed by atoms with van der Waals surface area (Å²) < 4.78 is 47.2. The number of rotatable bonds is 1. The van der Waals surface area contributed by atoms with Crippen molar-refractivity contribution in [2.24, 2.45) is 0 Å². The highest BCUT2D eigenvalue weighted by atomic mass is 19.3. The summed E-state index contributed by atoms with van der Waals surface area (Å²) in [6.07, 6.45) is -3.36. The molecule has 1 atom stereocenters. The summed E-state index contributed by atoms with van der Waals surface area (Å²) in [6, 6.07) is 10.2. The van der Waals surface area contributed by atoms with Gasteiger partial charge in [-0.25, -0.2) is 4.39 Å². The van der Waals surface area contributed by atoms with Gasteiger partial charge in [-0.1, -0.05) is 42.0 Å². The summed E-state index contributed by atoms with van der Waals surface area (Å²) in [5, 5.41) is 0. The maximum Gasteiger partial charge on any atom is 0.405 e. The molecule has 1 aliphatic rings. The lowest BCUT2D eigenvalue weighted by atomic mass is 9.87. The second-order valence-corrected chi connectivity index (χ2v) is 5.52. The topological polar surface area (TPSA) is 9.23 Å². The van der Waals surface area contributed by atoms with Gasteiger partial charge in [0, 0.05) is 0 Å². The van der Waals surface area contributed by atoms with Gasteiger partial charge in [0.2, 0.25) is 0 Å². The van der Waals surface area contributed by atoms with Crippen molar-refractivity contribution in [2.45, 2.75) is 32.3 Å². The van der Waals surface area contributed by atoms with E-state index in [2.05, 4.69) is 0 Å². The Bertz CT molecular complexity index is 677. The van der Waals surface area contributed by atoms with Gasteiger partial charge in [-0.3, -0.25) is 0 Å². The van der Waals surface area contributed by atoms with Gasteiger partial charge in [0.05, 0.1) is 5.92 Å². The van der Waals surface area contributed by atoms with E-state index in [9.17, 15) is 13.2 Å². The van der Waals surface area contributed by atoms with Gasteiger partial charge in [0.1, 0.15) is 0 Å². The van der Waals surface area contributed by atoms with Crippen molar-refractivity contribution in [1.82, 2.24) is 0 Å². The molecule has 4 heteroatoms. The average Bonchev–Trinajstić information content (AvgIpc) is 2.44. The highest BCUT2D eigenvalue weighted by Crippen LogP contribution is 2.45. The number of benzene rings is 2. The highest BCUT2D eigenvalue weighted by molar-refractivity contribution is 5.43. The molecule has 0 bridgehead atoms. The second-order valence-electron chi connectivity index (χ2n) is 5.52. The molecule has 110 valence electrons. The Morgan fingerprint density at radius 3 is 2.38 bits per heavy atom. The predicted octanol–water partition coefficient (Wildman–Crippen LogP) is 4.75. The van der Waals surface area contributed by atoms with Crippen molar-refractivity contribution in [1.29, 1.82) is 0 Å². The average molecular weight is 292 g/mol. The number of fused-ring (bicyclic) bond motifs is 1. The zero-order valence-electron chi connectivity index (χ0n) is 11.8. The molecule has 0 fully saturated rings. The first-order valence-electron chi connectivity index (χ1n) is 6.80. The molecule has 0 aromatic heterocycles. The maximum absolute atomic E-state index is 14.3. The smallest absolute Gasteiger partial charge is 0.405 e. The standard InChI is InChI=1S/C17H15F3O/c1-10-3-6-12(7-4-10)14-9-13-8-5-11(2)15(18)16(13)21-17(14,19)20/h3-8,14H,9H2,1-2H3. The Labute approximate surface area is 121 Å². The minimum atomic E-state index is -3.42. The second kappa shape index (κ2) is 4.79. The van der Waals surface area contributed by atoms with Crippen LogP contribution < -0.4 is 4.74 Å². The van der Waals surface area contributed by atoms with Crippen LogP contribution in [-0.2, 0) is 6.42 Å². The molecular weight excluding hydrogens is 277 g/mol. The summed E-state index contributed by atoms with van der Waals surface area (Å²) in [4.78, 5) is 0. The maximum atomic E-state index is 14.3. The molecule has 0 amide bonds. The molecule has 3 rings (SSSR count). The van der Waals surface area contributed by atoms with E-state index in [0.29, 0.717) is 16.7 Å². The molecular formula is C17H15F3O. The number of hydrogen-bond donors (Lipinski definition) is 0. The Kier molecular flexibility index (Phi) is 3.19. The van der Waals surface area contributed by atoms with E-state index in [1.165, 1.54) is 6.92 Å². The first kappa shape index (κ1) is 14.0. The van der Waals surface area contributed by atoms with Crippen LogP contribution in [-0.4, -0.2) is 6.11 Å². The highest BCUT2D eigenvalue weighted by Gasteiger charge is 2.48. The molecule has 0 spiro atoms. The zero-order valence-corrected chi connectivity index (χ0v) is 11.8. The monoisotopic (exact) mass is 292 g/mol. The third-order valence-electron chi connectivity index (χ3n) is 3.92. The Morgan fingerprint density at radius 2 is 1.71 bits per heavy atom. The number of hydrogen-bond acceptors (Lipinski definition) is 1. The summed E-state index contributed by atoms with van der Waals surface area (Å²) in [5.74, 6) is -2.12. The molecule has 0 saturated carbocycles. The van der Waals surface area contributed by atoms with Crippen LogP contribution >= 0.6 is 0 Å². The quantitative estimate of drug-likeness (QED) is 0.736. The fraction of sp³-hybridized carbons (Fsp3) is 0.294. The minimum Gasteiger partial charge on any atom is -0.429 e. The normalized spacial score (nSPS) is 19.8. The van der Waals surface area contributed by atoms with E-state index < -0.39 is 17.8 Å². The molecule has 2 aromatic carbocycles. The van der Waals surface area contributed by atoms with Gasteiger partial charge in [0.15, 0.2) is 11.6 Å². The molecule has 1 unspecified atom stereocenters. The summed E-state index contributed by atoms with van der Waals surface area (Å²) in [6.45, 7) is 3.43. The van der Waals surface area contributed by atoms with E-state index in [1.807, 2.05) is 6.92 Å². The molecule has 0 N–H and O–H groups in total. The molecule has 21 heavy (non-hydrogen) atoms. The first-order valence-corrected chi connectivity index (χ1v) is 6.80. The van der Waals surface area contributed by atoms with Gasteiger partial charge < -0.3 is 4.74 Å². The van der Waals surface area contributed by atoms with Gasteiger partial charge in [-0.15, -0.1) is 0 Å². The molecule has 1 heterocycles. The first-order chi connectivity index (χ1) is 9.88. The van der Waals surface area contributed by atoms with Crippen molar-refractivity contribution in [3.8, 4) is 5.75 Å².